The average Bonchev–Trinajstić information content (AvgIpc) is 2.89. The third-order valence-corrected chi connectivity index (χ3v) is 9.67. The SMILES string of the molecule is CCCI(CC(=O)CC)Cc1cc2c(OC)cccc2o1. The predicted octanol–water partition coefficient (Wildman–Crippen LogP) is 4.84. The van der Waals surface area contributed by atoms with Gasteiger partial charge in [0.05, 0.1) is 0 Å². The zero-order chi connectivity index (χ0) is 15.2. The number of carbonyl (C=O) groups excluding carboxylic acids is 1. The van der Waals surface area contributed by atoms with Gasteiger partial charge in [0.25, 0.3) is 0 Å². The summed E-state index contributed by atoms with van der Waals surface area (Å²) in [6.45, 7) is 4.15. The van der Waals surface area contributed by atoms with Crippen LogP contribution >= 0.6 is 19.8 Å². The van der Waals surface area contributed by atoms with Crippen LogP contribution in [0.2, 0.25) is 0 Å². The minimum atomic E-state index is -1.29. The summed E-state index contributed by atoms with van der Waals surface area (Å²) in [5, 5.41) is 1.03. The van der Waals surface area contributed by atoms with E-state index in [2.05, 4.69) is 13.0 Å². The van der Waals surface area contributed by atoms with E-state index in [0.717, 1.165) is 37.8 Å². The van der Waals surface area contributed by atoms with Gasteiger partial charge in [0.15, 0.2) is 0 Å². The molecule has 2 aromatic rings. The molecule has 3 nitrogen and oxygen atoms in total. The van der Waals surface area contributed by atoms with Gasteiger partial charge >= 0.3 is 133 Å². The van der Waals surface area contributed by atoms with Gasteiger partial charge in [-0.15, -0.1) is 0 Å². The first kappa shape index (κ1) is 16.3. The van der Waals surface area contributed by atoms with Gasteiger partial charge in [-0.05, 0) is 0 Å². The quantitative estimate of drug-likeness (QED) is 0.469. The Kier molecular flexibility index (Phi) is 6.08. The Morgan fingerprint density at radius 1 is 1.33 bits per heavy atom. The average molecular weight is 402 g/mol. The zero-order valence-corrected chi connectivity index (χ0v) is 15.1. The summed E-state index contributed by atoms with van der Waals surface area (Å²) in [7, 11) is 1.68. The van der Waals surface area contributed by atoms with Crippen molar-refractivity contribution in [1.29, 1.82) is 0 Å². The van der Waals surface area contributed by atoms with Gasteiger partial charge in [-0.25, -0.2) is 0 Å². The first-order chi connectivity index (χ1) is 10.2. The Bertz CT molecular complexity index is 603. The number of alkyl halides is 3. The van der Waals surface area contributed by atoms with Crippen LogP contribution in [-0.2, 0) is 9.22 Å². The summed E-state index contributed by atoms with van der Waals surface area (Å²) in [4.78, 5) is 11.7. The number of halogens is 1. The van der Waals surface area contributed by atoms with E-state index < -0.39 is 19.8 Å². The molecular weight excluding hydrogens is 379 g/mol. The van der Waals surface area contributed by atoms with Crippen LogP contribution in [0.3, 0.4) is 0 Å². The number of hydrogen-bond donors (Lipinski definition) is 0. The van der Waals surface area contributed by atoms with Gasteiger partial charge < -0.3 is 0 Å². The molecule has 0 spiro atoms. The number of methoxy groups -OCH3 is 1. The van der Waals surface area contributed by atoms with Crippen LogP contribution in [0.1, 0.15) is 32.4 Å². The number of ketones is 1. The predicted molar refractivity (Wildman–Crippen MR) is 95.8 cm³/mol. The number of hydrogen-bond acceptors (Lipinski definition) is 3. The van der Waals surface area contributed by atoms with Crippen molar-refractivity contribution in [2.45, 2.75) is 31.1 Å². The molecule has 0 bridgehead atoms. The summed E-state index contributed by atoms with van der Waals surface area (Å²) in [5.41, 5.74) is 0.874. The first-order valence-electron chi connectivity index (χ1n) is 7.32. The molecule has 0 aliphatic rings. The number of carbonyl (C=O) groups is 1. The second-order valence-corrected chi connectivity index (χ2v) is 10.8. The minimum absolute atomic E-state index is 0.405. The first-order valence-corrected chi connectivity index (χ1v) is 11.9. The van der Waals surface area contributed by atoms with Crippen molar-refractivity contribution in [2.75, 3.05) is 16.0 Å². The fraction of sp³-hybridized carbons (Fsp3) is 0.471. The van der Waals surface area contributed by atoms with Crippen LogP contribution in [0.15, 0.2) is 28.7 Å². The van der Waals surface area contributed by atoms with E-state index in [-0.39, 0.29) is 0 Å². The van der Waals surface area contributed by atoms with Crippen LogP contribution in [0.25, 0.3) is 11.0 Å². The fourth-order valence-electron chi connectivity index (χ4n) is 2.27. The third-order valence-electron chi connectivity index (χ3n) is 3.30. The molecular formula is C17H23IO3. The maximum absolute atomic E-state index is 11.7. The Hall–Kier alpha value is -1.04. The number of furan rings is 1. The molecule has 4 heteroatoms. The molecule has 1 aromatic carbocycles. The van der Waals surface area contributed by atoms with Crippen molar-refractivity contribution < 1.29 is 13.9 Å². The summed E-state index contributed by atoms with van der Waals surface area (Å²) in [6.07, 6.45) is 1.82. The summed E-state index contributed by atoms with van der Waals surface area (Å²) in [5.74, 6) is 2.27. The normalized spacial score (nSPS) is 11.7. The second-order valence-electron chi connectivity index (χ2n) is 5.00. The summed E-state index contributed by atoms with van der Waals surface area (Å²) >= 11 is -1.29. The van der Waals surface area contributed by atoms with E-state index in [1.54, 1.807) is 7.11 Å². The van der Waals surface area contributed by atoms with Gasteiger partial charge in [-0.2, -0.15) is 0 Å². The number of Topliss-reactive ketones (excluding diaryl/α,β-unsaturated/α-hetero) is 1. The molecule has 0 aliphatic heterocycles. The number of benzene rings is 1. The second kappa shape index (κ2) is 7.82. The van der Waals surface area contributed by atoms with Crippen molar-refractivity contribution in [3.05, 3.63) is 30.0 Å². The van der Waals surface area contributed by atoms with Crippen LogP contribution in [0, 0.1) is 0 Å². The van der Waals surface area contributed by atoms with Gasteiger partial charge in [0.1, 0.15) is 0 Å². The van der Waals surface area contributed by atoms with Crippen molar-refractivity contribution in [3.8, 4) is 5.75 Å². The standard InChI is InChI=1S/C17H23IO3/c1-4-9-18(11-13(19)5-2)12-14-10-15-16(20-3)7-6-8-17(15)21-14/h6-8,10H,4-5,9,11-12H2,1-3H3. The van der Waals surface area contributed by atoms with Crippen molar-refractivity contribution >= 4 is 36.6 Å². The molecule has 1 heterocycles. The fourth-order valence-corrected chi connectivity index (χ4v) is 8.01. The molecule has 0 aliphatic carbocycles. The van der Waals surface area contributed by atoms with Gasteiger partial charge in [-0.3, -0.25) is 0 Å². The Balaban J connectivity index is 2.18. The van der Waals surface area contributed by atoms with Crippen LogP contribution in [0.4, 0.5) is 0 Å². The molecule has 116 valence electrons. The van der Waals surface area contributed by atoms with Crippen molar-refractivity contribution in [1.82, 2.24) is 0 Å². The molecule has 2 rings (SSSR count). The molecule has 0 saturated carbocycles. The van der Waals surface area contributed by atoms with Crippen LogP contribution < -0.4 is 4.74 Å². The number of rotatable bonds is 8. The van der Waals surface area contributed by atoms with E-state index in [1.807, 2.05) is 25.1 Å². The monoisotopic (exact) mass is 402 g/mol. The Morgan fingerprint density at radius 2 is 2.14 bits per heavy atom. The van der Waals surface area contributed by atoms with E-state index >= 15 is 0 Å². The third kappa shape index (κ3) is 4.22. The van der Waals surface area contributed by atoms with E-state index in [0.29, 0.717) is 12.2 Å². The van der Waals surface area contributed by atoms with Crippen LogP contribution in [0.5, 0.6) is 5.75 Å². The molecule has 0 saturated heterocycles. The van der Waals surface area contributed by atoms with Crippen molar-refractivity contribution in [2.24, 2.45) is 0 Å². The topological polar surface area (TPSA) is 39.4 Å². The van der Waals surface area contributed by atoms with Crippen molar-refractivity contribution in [3.63, 3.8) is 0 Å². The number of fused-ring (bicyclic) bond motifs is 1. The van der Waals surface area contributed by atoms with Gasteiger partial charge in [0.2, 0.25) is 0 Å². The molecule has 0 N–H and O–H groups in total. The van der Waals surface area contributed by atoms with Gasteiger partial charge in [0, 0.05) is 0 Å². The molecule has 0 amide bonds. The summed E-state index contributed by atoms with van der Waals surface area (Å²) in [6, 6.07) is 7.95. The molecule has 0 unspecified atom stereocenters. The molecule has 0 fully saturated rings. The Morgan fingerprint density at radius 3 is 2.81 bits per heavy atom. The maximum atomic E-state index is 11.7. The molecule has 21 heavy (non-hydrogen) atoms. The Labute approximate surface area is 133 Å². The van der Waals surface area contributed by atoms with Crippen LogP contribution in [-0.4, -0.2) is 21.7 Å². The number of ether oxygens (including phenoxy) is 1. The zero-order valence-electron chi connectivity index (χ0n) is 12.9. The van der Waals surface area contributed by atoms with E-state index in [9.17, 15) is 4.79 Å². The molecule has 1 aromatic heterocycles. The van der Waals surface area contributed by atoms with Gasteiger partial charge in [-0.1, -0.05) is 0 Å². The molecule has 0 radical (unpaired) electrons. The summed E-state index contributed by atoms with van der Waals surface area (Å²) < 4.78 is 14.3. The molecule has 0 atom stereocenters. The van der Waals surface area contributed by atoms with E-state index in [4.69, 9.17) is 9.15 Å². The van der Waals surface area contributed by atoms with E-state index in [1.165, 1.54) is 4.43 Å².